The summed E-state index contributed by atoms with van der Waals surface area (Å²) in [5.41, 5.74) is 1.17. The SMILES string of the molecule is O=C(Nc1nc2c(s1)C(=O)CC(C(=O)N1CCCC1)C2)c1ccccc1. The number of nitrogens with one attached hydrogen (secondary N) is 1. The zero-order valence-corrected chi connectivity index (χ0v) is 15.1. The van der Waals surface area contributed by atoms with E-state index in [-0.39, 0.29) is 29.9 Å². The number of carbonyl (C=O) groups excluding carboxylic acids is 3. The molecule has 1 aliphatic heterocycles. The first-order chi connectivity index (χ1) is 12.6. The standard InChI is InChI=1S/C19H19N3O3S/c23-15-11-13(18(25)22-8-4-5-9-22)10-14-16(15)26-19(20-14)21-17(24)12-6-2-1-3-7-12/h1-3,6-7,13H,4-5,8-11H2,(H,20,21,24). The highest BCUT2D eigenvalue weighted by atomic mass is 32.1. The molecule has 1 saturated heterocycles. The smallest absolute Gasteiger partial charge is 0.257 e. The molecule has 2 aromatic rings. The summed E-state index contributed by atoms with van der Waals surface area (Å²) in [4.78, 5) is 44.2. The number of likely N-dealkylation sites (tertiary alicyclic amines) is 1. The molecule has 26 heavy (non-hydrogen) atoms. The molecule has 0 radical (unpaired) electrons. The number of fused-ring (bicyclic) bond motifs is 1. The van der Waals surface area contributed by atoms with Crippen molar-refractivity contribution in [2.45, 2.75) is 25.7 Å². The van der Waals surface area contributed by atoms with Crippen LogP contribution in [0.1, 0.15) is 45.0 Å². The molecule has 0 spiro atoms. The molecule has 134 valence electrons. The number of benzene rings is 1. The number of amides is 2. The molecule has 2 amide bonds. The molecule has 1 fully saturated rings. The quantitative estimate of drug-likeness (QED) is 0.902. The van der Waals surface area contributed by atoms with E-state index in [4.69, 9.17) is 0 Å². The maximum Gasteiger partial charge on any atom is 0.257 e. The minimum Gasteiger partial charge on any atom is -0.342 e. The van der Waals surface area contributed by atoms with Gasteiger partial charge in [0.1, 0.15) is 0 Å². The highest BCUT2D eigenvalue weighted by Crippen LogP contribution is 2.33. The van der Waals surface area contributed by atoms with Gasteiger partial charge in [-0.3, -0.25) is 19.7 Å². The molecule has 0 saturated carbocycles. The molecule has 1 aliphatic carbocycles. The van der Waals surface area contributed by atoms with Gasteiger partial charge in [0.05, 0.1) is 16.5 Å². The van der Waals surface area contributed by atoms with Gasteiger partial charge in [0.15, 0.2) is 10.9 Å². The first kappa shape index (κ1) is 16.9. The first-order valence-corrected chi connectivity index (χ1v) is 9.61. The summed E-state index contributed by atoms with van der Waals surface area (Å²) >= 11 is 1.19. The van der Waals surface area contributed by atoms with Gasteiger partial charge in [-0.05, 0) is 25.0 Å². The average Bonchev–Trinajstić information content (AvgIpc) is 3.31. The van der Waals surface area contributed by atoms with E-state index in [0.29, 0.717) is 27.7 Å². The Morgan fingerprint density at radius 2 is 1.85 bits per heavy atom. The van der Waals surface area contributed by atoms with Crippen LogP contribution in [0.5, 0.6) is 0 Å². The highest BCUT2D eigenvalue weighted by molar-refractivity contribution is 7.17. The Kier molecular flexibility index (Phi) is 4.55. The Hall–Kier alpha value is -2.54. The number of rotatable bonds is 3. The van der Waals surface area contributed by atoms with Crippen LogP contribution >= 0.6 is 11.3 Å². The Balaban J connectivity index is 1.49. The summed E-state index contributed by atoms with van der Waals surface area (Å²) in [5, 5.41) is 3.16. The van der Waals surface area contributed by atoms with Crippen molar-refractivity contribution < 1.29 is 14.4 Å². The zero-order chi connectivity index (χ0) is 18.1. The van der Waals surface area contributed by atoms with Crippen LogP contribution < -0.4 is 5.32 Å². The number of anilines is 1. The van der Waals surface area contributed by atoms with Crippen molar-refractivity contribution in [2.75, 3.05) is 18.4 Å². The van der Waals surface area contributed by atoms with Gasteiger partial charge in [-0.2, -0.15) is 0 Å². The van der Waals surface area contributed by atoms with E-state index in [0.717, 1.165) is 25.9 Å². The van der Waals surface area contributed by atoms with Gasteiger partial charge in [0, 0.05) is 31.5 Å². The minimum absolute atomic E-state index is 0.0542. The lowest BCUT2D eigenvalue weighted by atomic mass is 9.89. The fourth-order valence-electron chi connectivity index (χ4n) is 3.51. The van der Waals surface area contributed by atoms with E-state index in [1.807, 2.05) is 11.0 Å². The van der Waals surface area contributed by atoms with Gasteiger partial charge in [-0.1, -0.05) is 29.5 Å². The summed E-state index contributed by atoms with van der Waals surface area (Å²) in [5.74, 6) is -0.576. The van der Waals surface area contributed by atoms with Gasteiger partial charge >= 0.3 is 0 Å². The molecule has 7 heteroatoms. The van der Waals surface area contributed by atoms with Gasteiger partial charge < -0.3 is 4.90 Å². The van der Waals surface area contributed by atoms with Gasteiger partial charge in [0.2, 0.25) is 5.91 Å². The maximum atomic E-state index is 12.6. The van der Waals surface area contributed by atoms with Crippen LogP contribution in [0.2, 0.25) is 0 Å². The number of thiazole rings is 1. The molecule has 2 aliphatic rings. The third-order valence-corrected chi connectivity index (χ3v) is 5.90. The first-order valence-electron chi connectivity index (χ1n) is 8.80. The molecule has 1 atom stereocenters. The van der Waals surface area contributed by atoms with E-state index < -0.39 is 0 Å². The molecule has 2 heterocycles. The second-order valence-electron chi connectivity index (χ2n) is 6.68. The maximum absolute atomic E-state index is 12.6. The largest absolute Gasteiger partial charge is 0.342 e. The van der Waals surface area contributed by atoms with Crippen molar-refractivity contribution in [2.24, 2.45) is 5.92 Å². The third kappa shape index (κ3) is 3.26. The van der Waals surface area contributed by atoms with E-state index in [1.165, 1.54) is 11.3 Å². The fraction of sp³-hybridized carbons (Fsp3) is 0.368. The summed E-state index contributed by atoms with van der Waals surface area (Å²) in [6, 6.07) is 8.87. The Morgan fingerprint density at radius 1 is 1.12 bits per heavy atom. The van der Waals surface area contributed by atoms with E-state index in [2.05, 4.69) is 10.3 Å². The monoisotopic (exact) mass is 369 g/mol. The number of carbonyl (C=O) groups is 3. The predicted octanol–water partition coefficient (Wildman–Crippen LogP) is 2.76. The van der Waals surface area contributed by atoms with Gasteiger partial charge in [0.25, 0.3) is 5.91 Å². The van der Waals surface area contributed by atoms with Crippen LogP contribution in [0.4, 0.5) is 5.13 Å². The lowest BCUT2D eigenvalue weighted by Crippen LogP contribution is -2.37. The molecule has 6 nitrogen and oxygen atoms in total. The summed E-state index contributed by atoms with van der Waals surface area (Å²) in [6.45, 7) is 1.57. The minimum atomic E-state index is -0.326. The lowest BCUT2D eigenvalue weighted by molar-refractivity contribution is -0.134. The van der Waals surface area contributed by atoms with Crippen molar-refractivity contribution in [1.29, 1.82) is 0 Å². The molecule has 1 aromatic carbocycles. The molecule has 1 aromatic heterocycles. The fourth-order valence-corrected chi connectivity index (χ4v) is 4.45. The van der Waals surface area contributed by atoms with Crippen LogP contribution in [0.25, 0.3) is 0 Å². The van der Waals surface area contributed by atoms with Crippen LogP contribution in [-0.2, 0) is 11.2 Å². The second-order valence-corrected chi connectivity index (χ2v) is 7.67. The number of aromatic nitrogens is 1. The van der Waals surface area contributed by atoms with Crippen LogP contribution in [0, 0.1) is 5.92 Å². The Labute approximate surface area is 155 Å². The van der Waals surface area contributed by atoms with E-state index >= 15 is 0 Å². The molecular weight excluding hydrogens is 350 g/mol. The van der Waals surface area contributed by atoms with Crippen molar-refractivity contribution >= 4 is 34.1 Å². The normalized spacial score (nSPS) is 19.3. The predicted molar refractivity (Wildman–Crippen MR) is 98.5 cm³/mol. The number of ketones is 1. The number of hydrogen-bond acceptors (Lipinski definition) is 5. The van der Waals surface area contributed by atoms with Gasteiger partial charge in [-0.25, -0.2) is 4.98 Å². The Morgan fingerprint density at radius 3 is 2.58 bits per heavy atom. The molecular formula is C19H19N3O3S. The second kappa shape index (κ2) is 6.99. The molecule has 4 rings (SSSR count). The van der Waals surface area contributed by atoms with E-state index in [1.54, 1.807) is 24.3 Å². The topological polar surface area (TPSA) is 79.4 Å². The summed E-state index contributed by atoms with van der Waals surface area (Å²) in [7, 11) is 0. The molecule has 1 N–H and O–H groups in total. The van der Waals surface area contributed by atoms with E-state index in [9.17, 15) is 14.4 Å². The number of nitrogens with zero attached hydrogens (tertiary/aromatic N) is 2. The van der Waals surface area contributed by atoms with Crippen molar-refractivity contribution in [3.63, 3.8) is 0 Å². The summed E-state index contributed by atoms with van der Waals surface area (Å²) < 4.78 is 0. The lowest BCUT2D eigenvalue weighted by Gasteiger charge is -2.24. The van der Waals surface area contributed by atoms with Crippen LogP contribution in [0.3, 0.4) is 0 Å². The van der Waals surface area contributed by atoms with Crippen molar-refractivity contribution in [1.82, 2.24) is 9.88 Å². The summed E-state index contributed by atoms with van der Waals surface area (Å²) in [6.07, 6.45) is 2.76. The molecule has 0 bridgehead atoms. The third-order valence-electron chi connectivity index (χ3n) is 4.85. The molecule has 1 unspecified atom stereocenters. The van der Waals surface area contributed by atoms with Gasteiger partial charge in [-0.15, -0.1) is 0 Å². The Bertz CT molecular complexity index is 856. The zero-order valence-electron chi connectivity index (χ0n) is 14.2. The van der Waals surface area contributed by atoms with Crippen molar-refractivity contribution in [3.8, 4) is 0 Å². The van der Waals surface area contributed by atoms with Crippen molar-refractivity contribution in [3.05, 3.63) is 46.5 Å². The number of hydrogen-bond donors (Lipinski definition) is 1. The van der Waals surface area contributed by atoms with Crippen LogP contribution in [0.15, 0.2) is 30.3 Å². The average molecular weight is 369 g/mol. The number of Topliss-reactive ketones (excluding diaryl/α,β-unsaturated/α-hetero) is 1. The van der Waals surface area contributed by atoms with Crippen LogP contribution in [-0.4, -0.2) is 40.6 Å². The highest BCUT2D eigenvalue weighted by Gasteiger charge is 2.35.